The molecule has 1 aromatic carbocycles. The molecule has 1 aromatic rings. The normalized spacial score (nSPS) is 17.4. The van der Waals surface area contributed by atoms with Crippen molar-refractivity contribution in [1.29, 1.82) is 0 Å². The largest absolute Gasteiger partial charge is 0.416 e. The molecule has 1 fully saturated rings. The smallest absolute Gasteiger partial charge is 0.380 e. The molecule has 1 heterocycles. The lowest BCUT2D eigenvalue weighted by atomic mass is 10.1. The number of hydrogen-bond acceptors (Lipinski definition) is 3. The van der Waals surface area contributed by atoms with Crippen LogP contribution < -0.4 is 10.6 Å². The van der Waals surface area contributed by atoms with Gasteiger partial charge in [0.15, 0.2) is 0 Å². The molecule has 0 spiro atoms. The molecule has 106 valence electrons. The first-order chi connectivity index (χ1) is 9.02. The Labute approximate surface area is 110 Å². The second-order valence-corrected chi connectivity index (χ2v) is 4.50. The van der Waals surface area contributed by atoms with Gasteiger partial charge in [0.2, 0.25) is 0 Å². The highest BCUT2D eigenvalue weighted by atomic mass is 19.4. The highest BCUT2D eigenvalue weighted by Gasteiger charge is 2.33. The van der Waals surface area contributed by atoms with Crippen LogP contribution >= 0.6 is 0 Å². The molecule has 1 aliphatic heterocycles. The molecule has 0 unspecified atom stereocenters. The third-order valence-corrected chi connectivity index (χ3v) is 3.20. The Morgan fingerprint density at radius 3 is 2.68 bits per heavy atom. The molecule has 0 saturated carbocycles. The molecule has 0 atom stereocenters. The summed E-state index contributed by atoms with van der Waals surface area (Å²) in [6.07, 6.45) is -3.48. The number of ether oxygens (including phenoxy) is 1. The molecule has 1 aliphatic rings. The van der Waals surface area contributed by atoms with Crippen molar-refractivity contribution in [2.24, 2.45) is 5.73 Å². The van der Waals surface area contributed by atoms with Crippen molar-refractivity contribution in [3.05, 3.63) is 29.3 Å². The standard InChI is InChI=1S/C13H17F3N2O/c14-13(15,16)12-3-2-11(8-10(12)9-17)18-4-1-6-19-7-5-18/h2-3,8H,1,4-7,9,17H2. The van der Waals surface area contributed by atoms with Crippen LogP contribution in [-0.4, -0.2) is 26.3 Å². The molecule has 1 saturated heterocycles. The fourth-order valence-corrected chi connectivity index (χ4v) is 2.23. The quantitative estimate of drug-likeness (QED) is 0.900. The highest BCUT2D eigenvalue weighted by molar-refractivity contribution is 5.52. The lowest BCUT2D eigenvalue weighted by molar-refractivity contribution is -0.138. The van der Waals surface area contributed by atoms with Gasteiger partial charge in [0, 0.05) is 31.9 Å². The fourth-order valence-electron chi connectivity index (χ4n) is 2.23. The highest BCUT2D eigenvalue weighted by Crippen LogP contribution is 2.34. The third-order valence-electron chi connectivity index (χ3n) is 3.20. The van der Waals surface area contributed by atoms with Gasteiger partial charge in [-0.25, -0.2) is 0 Å². The van der Waals surface area contributed by atoms with E-state index in [2.05, 4.69) is 0 Å². The molecule has 6 heteroatoms. The number of nitrogens with two attached hydrogens (primary N) is 1. The van der Waals surface area contributed by atoms with Gasteiger partial charge in [0.25, 0.3) is 0 Å². The van der Waals surface area contributed by atoms with E-state index >= 15 is 0 Å². The maximum absolute atomic E-state index is 12.8. The lowest BCUT2D eigenvalue weighted by Crippen LogP contribution is -2.26. The first-order valence-electron chi connectivity index (χ1n) is 6.25. The first-order valence-corrected chi connectivity index (χ1v) is 6.25. The number of nitrogens with zero attached hydrogens (tertiary/aromatic N) is 1. The molecule has 0 radical (unpaired) electrons. The van der Waals surface area contributed by atoms with Crippen molar-refractivity contribution in [2.45, 2.75) is 19.1 Å². The average molecular weight is 274 g/mol. The summed E-state index contributed by atoms with van der Waals surface area (Å²) in [6, 6.07) is 4.16. The SMILES string of the molecule is NCc1cc(N2CCCOCC2)ccc1C(F)(F)F. The topological polar surface area (TPSA) is 38.5 Å². The molecule has 3 nitrogen and oxygen atoms in total. The van der Waals surface area contributed by atoms with Crippen LogP contribution in [0.5, 0.6) is 0 Å². The Balaban J connectivity index is 2.27. The van der Waals surface area contributed by atoms with Gasteiger partial charge in [-0.2, -0.15) is 13.2 Å². The monoisotopic (exact) mass is 274 g/mol. The summed E-state index contributed by atoms with van der Waals surface area (Å²) in [6.45, 7) is 2.65. The first kappa shape index (κ1) is 14.1. The Kier molecular flexibility index (Phi) is 4.31. The van der Waals surface area contributed by atoms with E-state index in [0.29, 0.717) is 19.8 Å². The van der Waals surface area contributed by atoms with Crippen LogP contribution in [0.1, 0.15) is 17.5 Å². The van der Waals surface area contributed by atoms with Crippen LogP contribution in [0.15, 0.2) is 18.2 Å². The molecular weight excluding hydrogens is 257 g/mol. The van der Waals surface area contributed by atoms with Crippen molar-refractivity contribution in [3.8, 4) is 0 Å². The Bertz CT molecular complexity index is 426. The minimum atomic E-state index is -4.35. The van der Waals surface area contributed by atoms with Crippen LogP contribution in [0, 0.1) is 0 Å². The van der Waals surface area contributed by atoms with Crippen molar-refractivity contribution in [2.75, 3.05) is 31.2 Å². The minimum Gasteiger partial charge on any atom is -0.380 e. The predicted octanol–water partition coefficient (Wildman–Crippen LogP) is 2.39. The average Bonchev–Trinajstić information content (AvgIpc) is 2.65. The predicted molar refractivity (Wildman–Crippen MR) is 67.0 cm³/mol. The van der Waals surface area contributed by atoms with Crippen LogP contribution in [0.25, 0.3) is 0 Å². The summed E-state index contributed by atoms with van der Waals surface area (Å²) in [5, 5.41) is 0. The molecule has 2 N–H and O–H groups in total. The third kappa shape index (κ3) is 3.39. The Morgan fingerprint density at radius 2 is 2.00 bits per heavy atom. The number of benzene rings is 1. The number of halogens is 3. The van der Waals surface area contributed by atoms with Crippen LogP contribution in [-0.2, 0) is 17.5 Å². The van der Waals surface area contributed by atoms with E-state index in [1.165, 1.54) is 12.1 Å². The van der Waals surface area contributed by atoms with E-state index in [1.54, 1.807) is 0 Å². The summed E-state index contributed by atoms with van der Waals surface area (Å²) < 4.78 is 43.7. The molecular formula is C13H17F3N2O. The zero-order valence-electron chi connectivity index (χ0n) is 10.5. The van der Waals surface area contributed by atoms with Gasteiger partial charge < -0.3 is 15.4 Å². The summed E-state index contributed by atoms with van der Waals surface area (Å²) >= 11 is 0. The number of anilines is 1. The second-order valence-electron chi connectivity index (χ2n) is 4.50. The van der Waals surface area contributed by atoms with Crippen LogP contribution in [0.4, 0.5) is 18.9 Å². The summed E-state index contributed by atoms with van der Waals surface area (Å²) in [7, 11) is 0. The second kappa shape index (κ2) is 5.79. The summed E-state index contributed by atoms with van der Waals surface area (Å²) in [4.78, 5) is 2.03. The van der Waals surface area contributed by atoms with E-state index in [4.69, 9.17) is 10.5 Å². The molecule has 0 aliphatic carbocycles. The maximum atomic E-state index is 12.8. The zero-order chi connectivity index (χ0) is 13.9. The summed E-state index contributed by atoms with van der Waals surface area (Å²) in [5.41, 5.74) is 5.70. The number of rotatable bonds is 2. The van der Waals surface area contributed by atoms with E-state index in [9.17, 15) is 13.2 Å². The van der Waals surface area contributed by atoms with Crippen molar-refractivity contribution in [3.63, 3.8) is 0 Å². The minimum absolute atomic E-state index is 0.118. The molecule has 0 bridgehead atoms. The van der Waals surface area contributed by atoms with Gasteiger partial charge in [-0.15, -0.1) is 0 Å². The van der Waals surface area contributed by atoms with Crippen molar-refractivity contribution >= 4 is 5.69 Å². The van der Waals surface area contributed by atoms with E-state index in [1.807, 2.05) is 4.90 Å². The van der Waals surface area contributed by atoms with E-state index < -0.39 is 11.7 Å². The van der Waals surface area contributed by atoms with Crippen LogP contribution in [0.3, 0.4) is 0 Å². The molecule has 0 amide bonds. The zero-order valence-corrected chi connectivity index (χ0v) is 10.5. The fraction of sp³-hybridized carbons (Fsp3) is 0.538. The van der Waals surface area contributed by atoms with Crippen molar-refractivity contribution < 1.29 is 17.9 Å². The van der Waals surface area contributed by atoms with Gasteiger partial charge in [-0.3, -0.25) is 0 Å². The van der Waals surface area contributed by atoms with Crippen molar-refractivity contribution in [1.82, 2.24) is 0 Å². The van der Waals surface area contributed by atoms with Gasteiger partial charge in [-0.05, 0) is 30.2 Å². The Morgan fingerprint density at radius 1 is 1.21 bits per heavy atom. The van der Waals surface area contributed by atoms with Gasteiger partial charge in [0.05, 0.1) is 12.2 Å². The lowest BCUT2D eigenvalue weighted by Gasteiger charge is -2.23. The van der Waals surface area contributed by atoms with Crippen LogP contribution in [0.2, 0.25) is 0 Å². The number of hydrogen-bond donors (Lipinski definition) is 1. The Hall–Kier alpha value is -1.27. The molecule has 19 heavy (non-hydrogen) atoms. The molecule has 0 aromatic heterocycles. The van der Waals surface area contributed by atoms with Gasteiger partial charge >= 0.3 is 6.18 Å². The van der Waals surface area contributed by atoms with E-state index in [-0.39, 0.29) is 12.1 Å². The maximum Gasteiger partial charge on any atom is 0.416 e. The molecule has 2 rings (SSSR count). The van der Waals surface area contributed by atoms with Gasteiger partial charge in [-0.1, -0.05) is 0 Å². The van der Waals surface area contributed by atoms with E-state index in [0.717, 1.165) is 24.7 Å². The summed E-state index contributed by atoms with van der Waals surface area (Å²) in [5.74, 6) is 0. The number of alkyl halides is 3. The van der Waals surface area contributed by atoms with Gasteiger partial charge in [0.1, 0.15) is 0 Å².